The van der Waals surface area contributed by atoms with Crippen LogP contribution < -0.4 is 5.73 Å². The molecule has 2 rings (SSSR count). The summed E-state index contributed by atoms with van der Waals surface area (Å²) >= 11 is 1.59. The fourth-order valence-electron chi connectivity index (χ4n) is 2.66. The summed E-state index contributed by atoms with van der Waals surface area (Å²) in [4.78, 5) is 22.3. The lowest BCUT2D eigenvalue weighted by atomic mass is 9.80. The van der Waals surface area contributed by atoms with E-state index in [-0.39, 0.29) is 0 Å². The minimum atomic E-state index is -0.893. The second-order valence-corrected chi connectivity index (χ2v) is 7.09. The van der Waals surface area contributed by atoms with Crippen LogP contribution in [-0.2, 0) is 4.79 Å². The highest BCUT2D eigenvalue weighted by molar-refractivity contribution is 7.15. The number of aromatic nitrogens is 1. The van der Waals surface area contributed by atoms with Gasteiger partial charge in [0.15, 0.2) is 0 Å². The molecule has 1 amide bonds. The SMILES string of the molecule is C=C(/C(=N\C)C(C)(C)C(N)=O)c1c(C)sc(-c2ncco2)c1C. The second kappa shape index (κ2) is 6.12. The molecular formula is C17H21N3O2S. The summed E-state index contributed by atoms with van der Waals surface area (Å²) in [6.07, 6.45) is 3.17. The molecule has 23 heavy (non-hydrogen) atoms. The first-order chi connectivity index (χ1) is 10.7. The van der Waals surface area contributed by atoms with Crippen LogP contribution in [0.3, 0.4) is 0 Å². The number of carbonyl (C=O) groups excluding carboxylic acids is 1. The molecule has 0 aliphatic carbocycles. The van der Waals surface area contributed by atoms with E-state index in [9.17, 15) is 4.79 Å². The fraction of sp³-hybridized carbons (Fsp3) is 0.353. The van der Waals surface area contributed by atoms with Gasteiger partial charge in [-0.1, -0.05) is 6.58 Å². The number of carbonyl (C=O) groups is 1. The van der Waals surface area contributed by atoms with Gasteiger partial charge in [0.25, 0.3) is 0 Å². The van der Waals surface area contributed by atoms with Crippen LogP contribution in [0.1, 0.15) is 29.9 Å². The molecule has 0 radical (unpaired) electrons. The molecule has 0 fully saturated rings. The predicted molar refractivity (Wildman–Crippen MR) is 94.7 cm³/mol. The van der Waals surface area contributed by atoms with Crippen LogP contribution in [0.15, 0.2) is 28.4 Å². The number of aryl methyl sites for hydroxylation is 1. The highest BCUT2D eigenvalue weighted by Crippen LogP contribution is 2.40. The third-order valence-corrected chi connectivity index (χ3v) is 5.16. The van der Waals surface area contributed by atoms with Crippen molar-refractivity contribution in [2.75, 3.05) is 7.05 Å². The van der Waals surface area contributed by atoms with Gasteiger partial charge in [-0.2, -0.15) is 0 Å². The largest absolute Gasteiger partial charge is 0.444 e. The van der Waals surface area contributed by atoms with Crippen molar-refractivity contribution in [3.8, 4) is 10.8 Å². The van der Waals surface area contributed by atoms with Gasteiger partial charge >= 0.3 is 0 Å². The van der Waals surface area contributed by atoms with E-state index in [0.29, 0.717) is 17.2 Å². The first-order valence-electron chi connectivity index (χ1n) is 7.18. The van der Waals surface area contributed by atoms with Crippen LogP contribution in [0.25, 0.3) is 16.3 Å². The zero-order chi connectivity index (χ0) is 17.4. The number of allylic oxidation sites excluding steroid dienone is 1. The van der Waals surface area contributed by atoms with Crippen LogP contribution in [0.5, 0.6) is 0 Å². The van der Waals surface area contributed by atoms with Gasteiger partial charge in [-0.05, 0) is 38.8 Å². The minimum absolute atomic E-state index is 0.433. The van der Waals surface area contributed by atoms with Crippen LogP contribution >= 0.6 is 11.3 Å². The number of aliphatic imine (C=N–C) groups is 1. The summed E-state index contributed by atoms with van der Waals surface area (Å²) < 4.78 is 5.41. The Morgan fingerprint density at radius 2 is 2.09 bits per heavy atom. The molecule has 0 aliphatic heterocycles. The van der Waals surface area contributed by atoms with Gasteiger partial charge in [-0.15, -0.1) is 11.3 Å². The van der Waals surface area contributed by atoms with E-state index in [1.807, 2.05) is 13.8 Å². The van der Waals surface area contributed by atoms with Crippen molar-refractivity contribution in [1.82, 2.24) is 4.98 Å². The molecule has 0 saturated carbocycles. The maximum Gasteiger partial charge on any atom is 0.236 e. The average Bonchev–Trinajstić information content (AvgIpc) is 3.07. The predicted octanol–water partition coefficient (Wildman–Crippen LogP) is 3.62. The minimum Gasteiger partial charge on any atom is -0.444 e. The quantitative estimate of drug-likeness (QED) is 0.850. The van der Waals surface area contributed by atoms with Crippen LogP contribution in [0, 0.1) is 19.3 Å². The van der Waals surface area contributed by atoms with Crippen LogP contribution in [0.2, 0.25) is 0 Å². The van der Waals surface area contributed by atoms with Crippen molar-refractivity contribution in [2.45, 2.75) is 27.7 Å². The summed E-state index contributed by atoms with van der Waals surface area (Å²) in [5, 5.41) is 0. The van der Waals surface area contributed by atoms with E-state index in [0.717, 1.165) is 20.9 Å². The van der Waals surface area contributed by atoms with E-state index in [1.165, 1.54) is 0 Å². The Morgan fingerprint density at radius 1 is 1.43 bits per heavy atom. The molecule has 2 aromatic heterocycles. The van der Waals surface area contributed by atoms with E-state index < -0.39 is 11.3 Å². The van der Waals surface area contributed by atoms with Crippen molar-refractivity contribution in [3.05, 3.63) is 35.0 Å². The zero-order valence-electron chi connectivity index (χ0n) is 14.1. The maximum absolute atomic E-state index is 11.8. The molecule has 0 atom stereocenters. The van der Waals surface area contributed by atoms with Gasteiger partial charge in [0.2, 0.25) is 11.8 Å². The van der Waals surface area contributed by atoms with Crippen molar-refractivity contribution < 1.29 is 9.21 Å². The van der Waals surface area contributed by atoms with E-state index in [2.05, 4.69) is 16.6 Å². The topological polar surface area (TPSA) is 81.5 Å². The van der Waals surface area contributed by atoms with Gasteiger partial charge in [0, 0.05) is 17.5 Å². The van der Waals surface area contributed by atoms with Gasteiger partial charge in [0.05, 0.1) is 22.2 Å². The monoisotopic (exact) mass is 331 g/mol. The fourth-order valence-corrected chi connectivity index (χ4v) is 3.79. The van der Waals surface area contributed by atoms with Crippen molar-refractivity contribution in [1.29, 1.82) is 0 Å². The number of hydrogen-bond acceptors (Lipinski definition) is 5. The Bertz CT molecular complexity index is 783. The Kier molecular flexibility index (Phi) is 4.56. The Labute approximate surface area is 139 Å². The van der Waals surface area contributed by atoms with E-state index in [4.69, 9.17) is 10.2 Å². The third kappa shape index (κ3) is 2.86. The zero-order valence-corrected chi connectivity index (χ0v) is 14.9. The molecule has 0 aliphatic rings. The number of nitrogens with two attached hydrogens (primary N) is 1. The second-order valence-electron chi connectivity index (χ2n) is 5.86. The molecule has 0 aromatic carbocycles. The normalized spacial score (nSPS) is 12.5. The van der Waals surface area contributed by atoms with Crippen molar-refractivity contribution >= 4 is 28.5 Å². The lowest BCUT2D eigenvalue weighted by Crippen LogP contribution is -2.39. The summed E-state index contributed by atoms with van der Waals surface area (Å²) in [7, 11) is 1.65. The van der Waals surface area contributed by atoms with Crippen molar-refractivity contribution in [3.63, 3.8) is 0 Å². The summed E-state index contributed by atoms with van der Waals surface area (Å²) in [5.41, 5.74) is 7.93. The van der Waals surface area contributed by atoms with Gasteiger partial charge < -0.3 is 10.2 Å². The summed E-state index contributed by atoms with van der Waals surface area (Å²) in [5.74, 6) is 0.150. The number of oxazole rings is 1. The molecule has 2 heterocycles. The molecule has 0 spiro atoms. The molecule has 0 bridgehead atoms. The van der Waals surface area contributed by atoms with Gasteiger partial charge in [-0.3, -0.25) is 9.79 Å². The number of primary amides is 1. The Hall–Kier alpha value is -2.21. The molecule has 2 aromatic rings. The van der Waals surface area contributed by atoms with Crippen LogP contribution in [-0.4, -0.2) is 23.7 Å². The highest BCUT2D eigenvalue weighted by atomic mass is 32.1. The summed E-state index contributed by atoms with van der Waals surface area (Å²) in [6, 6.07) is 0. The Morgan fingerprint density at radius 3 is 2.57 bits per heavy atom. The number of hydrogen-bond donors (Lipinski definition) is 1. The first kappa shape index (κ1) is 17.1. The highest BCUT2D eigenvalue weighted by Gasteiger charge is 2.34. The molecular weight excluding hydrogens is 310 g/mol. The van der Waals surface area contributed by atoms with E-state index >= 15 is 0 Å². The third-order valence-electron chi connectivity index (χ3n) is 3.97. The van der Waals surface area contributed by atoms with Crippen molar-refractivity contribution in [2.24, 2.45) is 16.1 Å². The average molecular weight is 331 g/mol. The molecule has 0 saturated heterocycles. The number of thiophene rings is 1. The standard InChI is InChI=1S/C17H21N3O2S/c1-9-12(10(2)14(19-6)17(4,5)16(18)21)11(3)23-13(9)15-20-7-8-22-15/h7-8H,2H2,1,3-6H3,(H2,18,21)/b19-14+. The van der Waals surface area contributed by atoms with E-state index in [1.54, 1.807) is 44.7 Å². The molecule has 5 nitrogen and oxygen atoms in total. The maximum atomic E-state index is 11.8. The summed E-state index contributed by atoms with van der Waals surface area (Å²) in [6.45, 7) is 11.7. The lowest BCUT2D eigenvalue weighted by molar-refractivity contribution is -0.122. The number of nitrogens with zero attached hydrogens (tertiary/aromatic N) is 2. The number of amides is 1. The first-order valence-corrected chi connectivity index (χ1v) is 8.00. The van der Waals surface area contributed by atoms with Gasteiger partial charge in [-0.25, -0.2) is 4.98 Å². The molecule has 0 unspecified atom stereocenters. The molecule has 6 heteroatoms. The molecule has 2 N–H and O–H groups in total. The number of rotatable bonds is 5. The van der Waals surface area contributed by atoms with Gasteiger partial charge in [0.1, 0.15) is 6.26 Å². The smallest absolute Gasteiger partial charge is 0.236 e. The molecule has 122 valence electrons. The van der Waals surface area contributed by atoms with Crippen LogP contribution in [0.4, 0.5) is 0 Å². The Balaban J connectivity index is 2.55. The lowest BCUT2D eigenvalue weighted by Gasteiger charge is -2.25.